The van der Waals surface area contributed by atoms with Gasteiger partial charge in [-0.1, -0.05) is 12.2 Å². The average molecular weight is 289 g/mol. The van der Waals surface area contributed by atoms with E-state index < -0.39 is 17.8 Å². The van der Waals surface area contributed by atoms with E-state index in [1.807, 2.05) is 33.0 Å². The van der Waals surface area contributed by atoms with Gasteiger partial charge in [-0.2, -0.15) is 5.10 Å². The maximum atomic E-state index is 12.6. The highest BCUT2D eigenvalue weighted by atomic mass is 16.4. The van der Waals surface area contributed by atoms with Gasteiger partial charge < -0.3 is 10.4 Å². The van der Waals surface area contributed by atoms with Gasteiger partial charge in [0.15, 0.2) is 0 Å². The molecule has 2 unspecified atom stereocenters. The smallest absolute Gasteiger partial charge is 0.307 e. The van der Waals surface area contributed by atoms with Crippen LogP contribution < -0.4 is 5.32 Å². The predicted octanol–water partition coefficient (Wildman–Crippen LogP) is 1.50. The van der Waals surface area contributed by atoms with Crippen LogP contribution in [-0.2, 0) is 16.6 Å². The third-order valence-electron chi connectivity index (χ3n) is 4.80. The van der Waals surface area contributed by atoms with Gasteiger partial charge in [-0.3, -0.25) is 14.3 Å². The van der Waals surface area contributed by atoms with E-state index in [4.69, 9.17) is 0 Å². The summed E-state index contributed by atoms with van der Waals surface area (Å²) in [6.07, 6.45) is 4.69. The molecule has 112 valence electrons. The van der Waals surface area contributed by atoms with Crippen LogP contribution >= 0.6 is 0 Å². The lowest BCUT2D eigenvalue weighted by Crippen LogP contribution is -2.36. The number of anilines is 1. The first-order valence-corrected chi connectivity index (χ1v) is 7.12. The highest BCUT2D eigenvalue weighted by molar-refractivity contribution is 5.97. The largest absolute Gasteiger partial charge is 0.481 e. The average Bonchev–Trinajstić information content (AvgIpc) is 3.08. The Morgan fingerprint density at radius 2 is 1.90 bits per heavy atom. The van der Waals surface area contributed by atoms with Crippen LogP contribution in [0.15, 0.2) is 12.2 Å². The van der Waals surface area contributed by atoms with Gasteiger partial charge in [-0.05, 0) is 32.1 Å². The molecule has 6 heteroatoms. The Bertz CT molecular complexity index is 647. The van der Waals surface area contributed by atoms with E-state index in [0.717, 1.165) is 17.8 Å². The highest BCUT2D eigenvalue weighted by Crippen LogP contribution is 2.48. The van der Waals surface area contributed by atoms with Crippen molar-refractivity contribution in [2.24, 2.45) is 30.7 Å². The molecule has 0 saturated heterocycles. The molecule has 3 rings (SSSR count). The van der Waals surface area contributed by atoms with Crippen LogP contribution in [-0.4, -0.2) is 26.8 Å². The first-order valence-electron chi connectivity index (χ1n) is 7.12. The molecule has 1 fully saturated rings. The van der Waals surface area contributed by atoms with Crippen molar-refractivity contribution in [3.63, 3.8) is 0 Å². The van der Waals surface area contributed by atoms with Crippen molar-refractivity contribution in [1.29, 1.82) is 0 Å². The molecular weight excluding hydrogens is 270 g/mol. The molecule has 0 aliphatic heterocycles. The Labute approximate surface area is 122 Å². The second-order valence-electron chi connectivity index (χ2n) is 6.00. The summed E-state index contributed by atoms with van der Waals surface area (Å²) < 4.78 is 1.71. The zero-order chi connectivity index (χ0) is 15.3. The molecule has 1 heterocycles. The molecule has 0 spiro atoms. The van der Waals surface area contributed by atoms with Crippen LogP contribution in [0.3, 0.4) is 0 Å². The van der Waals surface area contributed by atoms with E-state index in [1.54, 1.807) is 4.68 Å². The van der Waals surface area contributed by atoms with Gasteiger partial charge in [0.2, 0.25) is 5.91 Å². The quantitative estimate of drug-likeness (QED) is 0.826. The molecule has 2 aliphatic rings. The number of aryl methyl sites for hydroxylation is 2. The zero-order valence-corrected chi connectivity index (χ0v) is 12.3. The van der Waals surface area contributed by atoms with Crippen molar-refractivity contribution >= 4 is 17.6 Å². The van der Waals surface area contributed by atoms with E-state index >= 15 is 0 Å². The standard InChI is InChI=1S/C15H19N3O3/c1-7-13(8(2)18(3)17-7)16-14(19)11-9-4-5-10(6-9)12(11)15(20)21/h4-5,9-12H,6H2,1-3H3,(H,16,19)(H,20,21)/t9?,10?,11-,12+/m0/s1. The number of nitrogens with one attached hydrogen (secondary N) is 1. The van der Waals surface area contributed by atoms with E-state index in [2.05, 4.69) is 10.4 Å². The number of carbonyl (C=O) groups is 2. The van der Waals surface area contributed by atoms with Crippen molar-refractivity contribution in [3.05, 3.63) is 23.5 Å². The number of aromatic nitrogens is 2. The van der Waals surface area contributed by atoms with Crippen molar-refractivity contribution in [2.75, 3.05) is 5.32 Å². The zero-order valence-electron chi connectivity index (χ0n) is 12.3. The topological polar surface area (TPSA) is 84.2 Å². The minimum Gasteiger partial charge on any atom is -0.481 e. The fourth-order valence-electron chi connectivity index (χ4n) is 3.68. The van der Waals surface area contributed by atoms with Gasteiger partial charge in [0.05, 0.1) is 28.9 Å². The number of hydrogen-bond donors (Lipinski definition) is 2. The number of allylic oxidation sites excluding steroid dienone is 2. The summed E-state index contributed by atoms with van der Waals surface area (Å²) in [6, 6.07) is 0. The van der Waals surface area contributed by atoms with Crippen LogP contribution in [0.25, 0.3) is 0 Å². The first-order chi connectivity index (χ1) is 9.90. The maximum Gasteiger partial charge on any atom is 0.307 e. The minimum absolute atomic E-state index is 0.0145. The molecule has 1 amide bonds. The second-order valence-corrected chi connectivity index (χ2v) is 6.00. The first kappa shape index (κ1) is 13.9. The summed E-state index contributed by atoms with van der Waals surface area (Å²) in [4.78, 5) is 24.1. The number of rotatable bonds is 3. The molecule has 2 aliphatic carbocycles. The summed E-state index contributed by atoms with van der Waals surface area (Å²) in [5, 5.41) is 16.6. The Balaban J connectivity index is 1.85. The molecule has 4 atom stereocenters. The molecule has 0 radical (unpaired) electrons. The van der Waals surface area contributed by atoms with Crippen LogP contribution in [0.1, 0.15) is 17.8 Å². The molecular formula is C15H19N3O3. The molecule has 1 saturated carbocycles. The number of amides is 1. The van der Waals surface area contributed by atoms with Crippen molar-refractivity contribution in [1.82, 2.24) is 9.78 Å². The normalized spacial score (nSPS) is 29.9. The van der Waals surface area contributed by atoms with Gasteiger partial charge in [0.1, 0.15) is 0 Å². The van der Waals surface area contributed by atoms with Gasteiger partial charge >= 0.3 is 5.97 Å². The third-order valence-corrected chi connectivity index (χ3v) is 4.80. The lowest BCUT2D eigenvalue weighted by molar-refractivity contribution is -0.146. The maximum absolute atomic E-state index is 12.6. The van der Waals surface area contributed by atoms with Crippen molar-refractivity contribution < 1.29 is 14.7 Å². The Kier molecular flexibility index (Phi) is 3.11. The summed E-state index contributed by atoms with van der Waals surface area (Å²) in [6.45, 7) is 3.71. The summed E-state index contributed by atoms with van der Waals surface area (Å²) in [7, 11) is 1.82. The van der Waals surface area contributed by atoms with Gasteiger partial charge in [-0.15, -0.1) is 0 Å². The number of carbonyl (C=O) groups excluding carboxylic acids is 1. The number of carboxylic acids is 1. The van der Waals surface area contributed by atoms with E-state index in [1.165, 1.54) is 0 Å². The minimum atomic E-state index is -0.883. The van der Waals surface area contributed by atoms with Crippen LogP contribution in [0, 0.1) is 37.5 Å². The van der Waals surface area contributed by atoms with Crippen LogP contribution in [0.2, 0.25) is 0 Å². The van der Waals surface area contributed by atoms with Gasteiger partial charge in [0, 0.05) is 7.05 Å². The monoisotopic (exact) mass is 289 g/mol. The van der Waals surface area contributed by atoms with Gasteiger partial charge in [-0.25, -0.2) is 0 Å². The molecule has 1 aromatic heterocycles. The molecule has 6 nitrogen and oxygen atoms in total. The molecule has 0 aromatic carbocycles. The number of nitrogens with zero attached hydrogens (tertiary/aromatic N) is 2. The number of hydrogen-bond acceptors (Lipinski definition) is 3. The molecule has 2 N–H and O–H groups in total. The summed E-state index contributed by atoms with van der Waals surface area (Å²) in [5.74, 6) is -2.17. The number of aliphatic carboxylic acids is 1. The number of fused-ring (bicyclic) bond motifs is 2. The van der Waals surface area contributed by atoms with E-state index in [-0.39, 0.29) is 17.7 Å². The van der Waals surface area contributed by atoms with Crippen molar-refractivity contribution in [3.8, 4) is 0 Å². The van der Waals surface area contributed by atoms with Crippen molar-refractivity contribution in [2.45, 2.75) is 20.3 Å². The van der Waals surface area contributed by atoms with Crippen LogP contribution in [0.4, 0.5) is 5.69 Å². The Morgan fingerprint density at radius 3 is 2.43 bits per heavy atom. The fourth-order valence-corrected chi connectivity index (χ4v) is 3.68. The van der Waals surface area contributed by atoms with E-state index in [0.29, 0.717) is 5.69 Å². The Morgan fingerprint density at radius 1 is 1.29 bits per heavy atom. The van der Waals surface area contributed by atoms with Crippen LogP contribution in [0.5, 0.6) is 0 Å². The summed E-state index contributed by atoms with van der Waals surface area (Å²) >= 11 is 0. The Hall–Kier alpha value is -2.11. The third kappa shape index (κ3) is 2.05. The lowest BCUT2D eigenvalue weighted by atomic mass is 9.82. The second kappa shape index (κ2) is 4.72. The van der Waals surface area contributed by atoms with Gasteiger partial charge in [0.25, 0.3) is 0 Å². The molecule has 21 heavy (non-hydrogen) atoms. The van der Waals surface area contributed by atoms with E-state index in [9.17, 15) is 14.7 Å². The number of carboxylic acid groups (broad SMARTS) is 1. The SMILES string of the molecule is Cc1nn(C)c(C)c1NC(=O)[C@H]1C2C=CC(C2)[C@H]1C(=O)O. The molecule has 2 bridgehead atoms. The summed E-state index contributed by atoms with van der Waals surface area (Å²) in [5.41, 5.74) is 2.30. The fraction of sp³-hybridized carbons (Fsp3) is 0.533. The molecule has 1 aromatic rings. The lowest BCUT2D eigenvalue weighted by Gasteiger charge is -2.23. The highest BCUT2D eigenvalue weighted by Gasteiger charge is 2.51. The predicted molar refractivity (Wildman–Crippen MR) is 76.7 cm³/mol.